The van der Waals surface area contributed by atoms with Crippen LogP contribution in [0.4, 0.5) is 0 Å². The summed E-state index contributed by atoms with van der Waals surface area (Å²) in [6.45, 7) is 14.1. The number of aromatic amines is 2. The van der Waals surface area contributed by atoms with E-state index in [4.69, 9.17) is 0 Å². The number of para-hydroxylation sites is 4. The normalized spacial score (nSPS) is 14.1. The van der Waals surface area contributed by atoms with Gasteiger partial charge in [-0.15, -0.1) is 0 Å². The summed E-state index contributed by atoms with van der Waals surface area (Å²) in [5, 5.41) is 5.03. The number of fused-ring (bicyclic) bond motifs is 16. The quantitative estimate of drug-likeness (QED) is 0.176. The zero-order chi connectivity index (χ0) is 40.0. The van der Waals surface area contributed by atoms with Crippen molar-refractivity contribution in [1.82, 2.24) is 9.97 Å². The molecule has 0 radical (unpaired) electrons. The predicted molar refractivity (Wildman–Crippen MR) is 250 cm³/mol. The molecule has 59 heavy (non-hydrogen) atoms. The largest absolute Gasteiger partial charge is 0.354 e. The molecule has 0 fully saturated rings. The third-order valence-corrected chi connectivity index (χ3v) is 13.7. The zero-order valence-corrected chi connectivity index (χ0v) is 34.5. The standard InChI is InChI=1S/C57H46N2/c1-55(2,3)35-23-27-41-42-28-24-36(56(4,5)6)32-50(42)57(49(41)31-35)47-29-33(37-15-11-17-45-43-13-7-9-19-51(43)58-53(37)45)21-25-39(47)40-26-22-34(30-48(40)57)38-16-12-18-46-44-14-8-10-20-52(44)59-54(38)46/h7-32,58-59H,1-6H3. The van der Waals surface area contributed by atoms with Crippen LogP contribution in [0.1, 0.15) is 74.9 Å². The van der Waals surface area contributed by atoms with Crippen molar-refractivity contribution in [2.45, 2.75) is 57.8 Å². The highest BCUT2D eigenvalue weighted by atomic mass is 14.7. The Balaban J connectivity index is 1.19. The van der Waals surface area contributed by atoms with Crippen molar-refractivity contribution in [3.05, 3.63) is 191 Å². The van der Waals surface area contributed by atoms with E-state index in [2.05, 4.69) is 209 Å². The first-order valence-corrected chi connectivity index (χ1v) is 21.1. The first-order chi connectivity index (χ1) is 28.5. The highest BCUT2D eigenvalue weighted by Crippen LogP contribution is 2.64. The van der Waals surface area contributed by atoms with E-state index in [9.17, 15) is 0 Å². The van der Waals surface area contributed by atoms with Gasteiger partial charge < -0.3 is 9.97 Å². The Bertz CT molecular complexity index is 3180. The fourth-order valence-corrected chi connectivity index (χ4v) is 10.7. The van der Waals surface area contributed by atoms with E-state index in [1.807, 2.05) is 0 Å². The van der Waals surface area contributed by atoms with Gasteiger partial charge in [-0.3, -0.25) is 0 Å². The van der Waals surface area contributed by atoms with E-state index < -0.39 is 5.41 Å². The summed E-state index contributed by atoms with van der Waals surface area (Å²) >= 11 is 0. The molecule has 2 aromatic heterocycles. The lowest BCUT2D eigenvalue weighted by Gasteiger charge is -2.33. The van der Waals surface area contributed by atoms with Crippen LogP contribution in [0.25, 0.3) is 88.1 Å². The van der Waals surface area contributed by atoms with Gasteiger partial charge in [0.1, 0.15) is 0 Å². The Morgan fingerprint density at radius 2 is 0.712 bits per heavy atom. The van der Waals surface area contributed by atoms with Gasteiger partial charge in [0.2, 0.25) is 0 Å². The number of nitrogens with one attached hydrogen (secondary N) is 2. The summed E-state index contributed by atoms with van der Waals surface area (Å²) in [4.78, 5) is 7.63. The maximum absolute atomic E-state index is 3.82. The van der Waals surface area contributed by atoms with E-state index >= 15 is 0 Å². The molecule has 2 heterocycles. The van der Waals surface area contributed by atoms with Gasteiger partial charge in [0.05, 0.1) is 16.4 Å². The lowest BCUT2D eigenvalue weighted by molar-refractivity contribution is 0.586. The minimum Gasteiger partial charge on any atom is -0.354 e. The summed E-state index contributed by atoms with van der Waals surface area (Å²) in [5.41, 5.74) is 22.5. The molecule has 0 bridgehead atoms. The van der Waals surface area contributed by atoms with Gasteiger partial charge in [-0.05, 0) is 102 Å². The van der Waals surface area contributed by atoms with Gasteiger partial charge in [-0.25, -0.2) is 0 Å². The van der Waals surface area contributed by atoms with Crippen molar-refractivity contribution in [2.75, 3.05) is 0 Å². The molecular formula is C57H46N2. The molecule has 284 valence electrons. The molecule has 1 spiro atoms. The van der Waals surface area contributed by atoms with Gasteiger partial charge in [0.25, 0.3) is 0 Å². The molecule has 2 heteroatoms. The Kier molecular flexibility index (Phi) is 6.84. The molecule has 2 N–H and O–H groups in total. The van der Waals surface area contributed by atoms with Crippen LogP contribution < -0.4 is 0 Å². The summed E-state index contributed by atoms with van der Waals surface area (Å²) in [6.07, 6.45) is 0. The Hall–Kier alpha value is -6.64. The van der Waals surface area contributed by atoms with E-state index in [0.717, 1.165) is 0 Å². The fourth-order valence-electron chi connectivity index (χ4n) is 10.7. The third kappa shape index (κ3) is 4.69. The SMILES string of the molecule is CC(C)(C)c1ccc2c(c1)C1(c3cc(-c4cccc5c4[nH]c4ccccc45)ccc3-c3ccc(-c4cccc5c4[nH]c4ccccc45)cc31)c1cc(C(C)(C)C)ccc1-2. The van der Waals surface area contributed by atoms with Crippen molar-refractivity contribution in [1.29, 1.82) is 0 Å². The second-order valence-corrected chi connectivity index (χ2v) is 19.1. The second kappa shape index (κ2) is 11.7. The van der Waals surface area contributed by atoms with Crippen LogP contribution >= 0.6 is 0 Å². The molecule has 8 aromatic carbocycles. The lowest BCUT2D eigenvalue weighted by atomic mass is 9.68. The molecule has 0 atom stereocenters. The van der Waals surface area contributed by atoms with Crippen LogP contribution in [0.5, 0.6) is 0 Å². The van der Waals surface area contributed by atoms with Crippen molar-refractivity contribution in [3.63, 3.8) is 0 Å². The van der Waals surface area contributed by atoms with Crippen LogP contribution in [0, 0.1) is 0 Å². The predicted octanol–water partition coefficient (Wildman–Crippen LogP) is 15.2. The Labute approximate surface area is 345 Å². The maximum atomic E-state index is 3.82. The molecule has 0 amide bonds. The average molecular weight is 759 g/mol. The molecular weight excluding hydrogens is 713 g/mol. The minimum absolute atomic E-state index is 0.0218. The second-order valence-electron chi connectivity index (χ2n) is 19.1. The zero-order valence-electron chi connectivity index (χ0n) is 34.5. The topological polar surface area (TPSA) is 31.6 Å². The van der Waals surface area contributed by atoms with Crippen LogP contribution in [0.2, 0.25) is 0 Å². The third-order valence-electron chi connectivity index (χ3n) is 13.7. The van der Waals surface area contributed by atoms with E-state index in [0.29, 0.717) is 0 Å². The van der Waals surface area contributed by atoms with Crippen molar-refractivity contribution in [3.8, 4) is 44.5 Å². The Morgan fingerprint density at radius 3 is 1.14 bits per heavy atom. The summed E-state index contributed by atoms with van der Waals surface area (Å²) in [6, 6.07) is 60.2. The lowest BCUT2D eigenvalue weighted by Crippen LogP contribution is -2.27. The first kappa shape index (κ1) is 34.4. The van der Waals surface area contributed by atoms with Crippen LogP contribution in [0.3, 0.4) is 0 Å². The molecule has 0 saturated heterocycles. The van der Waals surface area contributed by atoms with Crippen molar-refractivity contribution < 1.29 is 0 Å². The molecule has 0 unspecified atom stereocenters. The van der Waals surface area contributed by atoms with Gasteiger partial charge >= 0.3 is 0 Å². The molecule has 0 aliphatic heterocycles. The summed E-state index contributed by atoms with van der Waals surface area (Å²) in [5.74, 6) is 0. The van der Waals surface area contributed by atoms with Gasteiger partial charge in [-0.2, -0.15) is 0 Å². The molecule has 2 aliphatic carbocycles. The Morgan fingerprint density at radius 1 is 0.339 bits per heavy atom. The number of rotatable bonds is 2. The molecule has 0 saturated carbocycles. The fraction of sp³-hybridized carbons (Fsp3) is 0.158. The van der Waals surface area contributed by atoms with Crippen LogP contribution in [-0.4, -0.2) is 9.97 Å². The molecule has 10 aromatic rings. The molecule has 2 nitrogen and oxygen atoms in total. The summed E-state index contributed by atoms with van der Waals surface area (Å²) in [7, 11) is 0. The highest BCUT2D eigenvalue weighted by molar-refractivity contribution is 6.13. The number of benzene rings is 8. The average Bonchev–Trinajstić information content (AvgIpc) is 3.97. The minimum atomic E-state index is -0.535. The molecule has 2 aliphatic rings. The smallest absolute Gasteiger partial charge is 0.0726 e. The monoisotopic (exact) mass is 758 g/mol. The van der Waals surface area contributed by atoms with E-state index in [-0.39, 0.29) is 10.8 Å². The number of aromatic nitrogens is 2. The maximum Gasteiger partial charge on any atom is 0.0726 e. The van der Waals surface area contributed by atoms with Crippen LogP contribution in [0.15, 0.2) is 158 Å². The van der Waals surface area contributed by atoms with Crippen LogP contribution in [-0.2, 0) is 16.2 Å². The number of H-pyrrole nitrogens is 2. The van der Waals surface area contributed by atoms with Crippen molar-refractivity contribution >= 4 is 43.6 Å². The first-order valence-electron chi connectivity index (χ1n) is 21.1. The number of hydrogen-bond donors (Lipinski definition) is 2. The highest BCUT2D eigenvalue weighted by Gasteiger charge is 2.52. The van der Waals surface area contributed by atoms with Crippen molar-refractivity contribution in [2.24, 2.45) is 0 Å². The van der Waals surface area contributed by atoms with Gasteiger partial charge in [0, 0.05) is 43.7 Å². The number of hydrogen-bond acceptors (Lipinski definition) is 0. The molecule has 12 rings (SSSR count). The van der Waals surface area contributed by atoms with Gasteiger partial charge in [-0.1, -0.05) is 175 Å². The van der Waals surface area contributed by atoms with E-state index in [1.54, 1.807) is 0 Å². The summed E-state index contributed by atoms with van der Waals surface area (Å²) < 4.78 is 0. The van der Waals surface area contributed by atoms with Gasteiger partial charge in [0.15, 0.2) is 0 Å². The van der Waals surface area contributed by atoms with E-state index in [1.165, 1.54) is 122 Å².